The highest BCUT2D eigenvalue weighted by molar-refractivity contribution is 9.10. The Morgan fingerprint density at radius 3 is 2.52 bits per heavy atom. The zero-order valence-corrected chi connectivity index (χ0v) is 14.7. The number of hydrazone groups is 1. The van der Waals surface area contributed by atoms with Gasteiger partial charge in [0.05, 0.1) is 28.8 Å². The third-order valence-corrected chi connectivity index (χ3v) is 5.95. The average Bonchev–Trinajstić information content (AvgIpc) is 3.04. The summed E-state index contributed by atoms with van der Waals surface area (Å²) in [7, 11) is 1.57. The van der Waals surface area contributed by atoms with Gasteiger partial charge in [0.15, 0.2) is 0 Å². The quantitative estimate of drug-likeness (QED) is 0.702. The predicted molar refractivity (Wildman–Crippen MR) is 89.6 cm³/mol. The number of carbonyl (C=O) groups is 2. The average molecular weight is 377 g/mol. The number of hydrazine groups is 1. The number of hydrogen-bond acceptors (Lipinski definition) is 5. The molecule has 23 heavy (non-hydrogen) atoms. The van der Waals surface area contributed by atoms with Crippen LogP contribution in [0.2, 0.25) is 0 Å². The fourth-order valence-corrected chi connectivity index (χ4v) is 4.25. The van der Waals surface area contributed by atoms with E-state index in [-0.39, 0.29) is 23.7 Å². The summed E-state index contributed by atoms with van der Waals surface area (Å²) in [5.74, 6) is -0.832. The van der Waals surface area contributed by atoms with Gasteiger partial charge in [-0.15, -0.1) is 0 Å². The third-order valence-electron chi connectivity index (χ3n) is 5.42. The van der Waals surface area contributed by atoms with Crippen LogP contribution in [0.4, 0.5) is 5.69 Å². The number of halogens is 1. The van der Waals surface area contributed by atoms with Crippen LogP contribution in [0.3, 0.4) is 0 Å². The van der Waals surface area contributed by atoms with Crippen LogP contribution in [-0.2, 0) is 9.59 Å². The van der Waals surface area contributed by atoms with Crippen LogP contribution in [0.15, 0.2) is 33.8 Å². The number of imide groups is 1. The van der Waals surface area contributed by atoms with E-state index in [1.54, 1.807) is 7.05 Å². The normalized spacial score (nSPS) is 33.3. The molecule has 0 saturated carbocycles. The van der Waals surface area contributed by atoms with Gasteiger partial charge in [0, 0.05) is 18.1 Å². The van der Waals surface area contributed by atoms with Crippen LogP contribution >= 0.6 is 15.9 Å². The lowest BCUT2D eigenvalue weighted by atomic mass is 9.80. The van der Waals surface area contributed by atoms with E-state index in [0.29, 0.717) is 6.54 Å². The molecule has 3 heterocycles. The molecule has 0 bridgehead atoms. The van der Waals surface area contributed by atoms with Crippen LogP contribution in [0, 0.1) is 11.8 Å². The summed E-state index contributed by atoms with van der Waals surface area (Å²) in [6, 6.07) is 7.85. The van der Waals surface area contributed by atoms with Crippen molar-refractivity contribution in [2.75, 3.05) is 18.7 Å². The van der Waals surface area contributed by atoms with Crippen LogP contribution in [0.1, 0.15) is 13.8 Å². The minimum atomic E-state index is -0.546. The van der Waals surface area contributed by atoms with Crippen molar-refractivity contribution >= 4 is 39.1 Å². The number of benzene rings is 1. The number of anilines is 1. The maximum absolute atomic E-state index is 12.6. The molecule has 0 spiro atoms. The van der Waals surface area contributed by atoms with Crippen molar-refractivity contribution in [2.24, 2.45) is 16.9 Å². The first-order valence-corrected chi connectivity index (χ1v) is 8.35. The van der Waals surface area contributed by atoms with Gasteiger partial charge in [-0.3, -0.25) is 14.5 Å². The molecule has 6 nitrogen and oxygen atoms in total. The number of carbonyl (C=O) groups excluding carboxylic acids is 2. The standard InChI is InChI=1S/C16H17BrN4O2/c1-9-16(2)13-12(14(22)19(3)15(13)23)8-20(16)21(18-9)11-6-4-10(17)5-7-11/h4-7,12-13H,8H2,1-3H3/t12-,13+,16+/m0/s1. The molecule has 7 heteroatoms. The Labute approximate surface area is 142 Å². The van der Waals surface area contributed by atoms with E-state index < -0.39 is 5.54 Å². The van der Waals surface area contributed by atoms with Crippen LogP contribution in [0.25, 0.3) is 0 Å². The molecule has 0 radical (unpaired) electrons. The molecule has 2 fully saturated rings. The highest BCUT2D eigenvalue weighted by atomic mass is 79.9. The third kappa shape index (κ3) is 1.74. The van der Waals surface area contributed by atoms with E-state index in [9.17, 15) is 9.59 Å². The summed E-state index contributed by atoms with van der Waals surface area (Å²) in [5, 5.41) is 8.56. The van der Waals surface area contributed by atoms with Gasteiger partial charge in [0.1, 0.15) is 0 Å². The van der Waals surface area contributed by atoms with E-state index in [1.807, 2.05) is 43.2 Å². The fourth-order valence-electron chi connectivity index (χ4n) is 3.99. The van der Waals surface area contributed by atoms with Gasteiger partial charge in [-0.25, -0.2) is 0 Å². The highest BCUT2D eigenvalue weighted by Crippen LogP contribution is 2.49. The van der Waals surface area contributed by atoms with Gasteiger partial charge in [0.25, 0.3) is 0 Å². The van der Waals surface area contributed by atoms with Gasteiger partial charge in [-0.1, -0.05) is 15.9 Å². The molecule has 3 aliphatic rings. The SMILES string of the molecule is CC1=NN(c2ccc(Br)cc2)N2C[C@@H]3C(=O)N(C)C(=O)[C@@H]3[C@@]12C. The molecular formula is C16H17BrN4O2. The molecule has 2 saturated heterocycles. The molecule has 4 rings (SSSR count). The van der Waals surface area contributed by atoms with Gasteiger partial charge in [-0.05, 0) is 38.1 Å². The number of hydrogen-bond donors (Lipinski definition) is 0. The molecule has 0 N–H and O–H groups in total. The summed E-state index contributed by atoms with van der Waals surface area (Å²) in [5.41, 5.74) is 1.24. The Hall–Kier alpha value is -1.73. The Kier molecular flexibility index (Phi) is 2.99. The largest absolute Gasteiger partial charge is 0.285 e. The maximum Gasteiger partial charge on any atom is 0.235 e. The second-order valence-electron chi connectivity index (χ2n) is 6.50. The lowest BCUT2D eigenvalue weighted by Gasteiger charge is -2.35. The lowest BCUT2D eigenvalue weighted by molar-refractivity contribution is -0.139. The Morgan fingerprint density at radius 1 is 1.22 bits per heavy atom. The first-order chi connectivity index (χ1) is 10.9. The van der Waals surface area contributed by atoms with Crippen molar-refractivity contribution in [3.05, 3.63) is 28.7 Å². The summed E-state index contributed by atoms with van der Waals surface area (Å²) in [6.07, 6.45) is 0. The number of nitrogens with zero attached hydrogens (tertiary/aromatic N) is 4. The lowest BCUT2D eigenvalue weighted by Crippen LogP contribution is -2.53. The Bertz CT molecular complexity index is 747. The predicted octanol–water partition coefficient (Wildman–Crippen LogP) is 1.87. The Morgan fingerprint density at radius 2 is 1.87 bits per heavy atom. The molecular weight excluding hydrogens is 360 g/mol. The zero-order valence-electron chi connectivity index (χ0n) is 13.2. The van der Waals surface area contributed by atoms with Crippen molar-refractivity contribution in [1.82, 2.24) is 9.91 Å². The summed E-state index contributed by atoms with van der Waals surface area (Å²) in [4.78, 5) is 26.2. The molecule has 120 valence electrons. The van der Waals surface area contributed by atoms with Crippen molar-refractivity contribution < 1.29 is 9.59 Å². The minimum absolute atomic E-state index is 0.0841. The highest BCUT2D eigenvalue weighted by Gasteiger charge is 2.66. The summed E-state index contributed by atoms with van der Waals surface area (Å²) >= 11 is 3.43. The second kappa shape index (κ2) is 4.64. The molecule has 0 aromatic heterocycles. The van der Waals surface area contributed by atoms with E-state index in [4.69, 9.17) is 0 Å². The first-order valence-electron chi connectivity index (χ1n) is 7.56. The minimum Gasteiger partial charge on any atom is -0.285 e. The number of fused-ring (bicyclic) bond motifs is 3. The van der Waals surface area contributed by atoms with Crippen LogP contribution < -0.4 is 5.12 Å². The van der Waals surface area contributed by atoms with Crippen LogP contribution in [0.5, 0.6) is 0 Å². The molecule has 1 aromatic rings. The van der Waals surface area contributed by atoms with E-state index in [2.05, 4.69) is 26.0 Å². The van der Waals surface area contributed by atoms with Crippen molar-refractivity contribution in [2.45, 2.75) is 19.4 Å². The monoisotopic (exact) mass is 376 g/mol. The number of likely N-dealkylation sites (tertiary alicyclic amines) is 1. The maximum atomic E-state index is 12.6. The molecule has 2 amide bonds. The van der Waals surface area contributed by atoms with Gasteiger partial charge in [0.2, 0.25) is 11.8 Å². The summed E-state index contributed by atoms with van der Waals surface area (Å²) < 4.78 is 0.995. The molecule has 0 unspecified atom stereocenters. The smallest absolute Gasteiger partial charge is 0.235 e. The second-order valence-corrected chi connectivity index (χ2v) is 7.42. The van der Waals surface area contributed by atoms with Crippen LogP contribution in [-0.4, -0.2) is 46.6 Å². The molecule has 1 aromatic carbocycles. The van der Waals surface area contributed by atoms with Gasteiger partial charge >= 0.3 is 0 Å². The van der Waals surface area contributed by atoms with E-state index >= 15 is 0 Å². The van der Waals surface area contributed by atoms with Crippen molar-refractivity contribution in [3.8, 4) is 0 Å². The van der Waals surface area contributed by atoms with Gasteiger partial charge < -0.3 is 0 Å². The van der Waals surface area contributed by atoms with Gasteiger partial charge in [-0.2, -0.15) is 15.2 Å². The van der Waals surface area contributed by atoms with Crippen molar-refractivity contribution in [1.29, 1.82) is 0 Å². The summed E-state index contributed by atoms with van der Waals surface area (Å²) in [6.45, 7) is 4.46. The molecule has 3 atom stereocenters. The number of amides is 2. The topological polar surface area (TPSA) is 56.2 Å². The van der Waals surface area contributed by atoms with E-state index in [0.717, 1.165) is 15.9 Å². The molecule has 3 aliphatic heterocycles. The number of rotatable bonds is 1. The fraction of sp³-hybridized carbons (Fsp3) is 0.438. The first kappa shape index (κ1) is 14.8. The van der Waals surface area contributed by atoms with E-state index in [1.165, 1.54) is 4.90 Å². The Balaban J connectivity index is 1.77. The zero-order chi connectivity index (χ0) is 16.5. The molecule has 0 aliphatic carbocycles. The van der Waals surface area contributed by atoms with Crippen molar-refractivity contribution in [3.63, 3.8) is 0 Å².